The van der Waals surface area contributed by atoms with Crippen LogP contribution < -0.4 is 5.32 Å². The standard InChI is InChI=1S/C17H31N3O2/c1-2-18-16(19-12-14-4-3-5-15(14)21)20-9-6-17(13-20)7-10-22-11-8-17/h14-15,21H,2-13H2,1H3,(H,18,19). The van der Waals surface area contributed by atoms with Crippen LogP contribution in [0, 0.1) is 11.3 Å². The number of nitrogens with zero attached hydrogens (tertiary/aromatic N) is 2. The topological polar surface area (TPSA) is 57.1 Å². The highest BCUT2D eigenvalue weighted by molar-refractivity contribution is 5.80. The van der Waals surface area contributed by atoms with Crippen LogP contribution in [0.25, 0.3) is 0 Å². The van der Waals surface area contributed by atoms with Gasteiger partial charge in [0.1, 0.15) is 0 Å². The number of aliphatic imine (C=N–C) groups is 1. The van der Waals surface area contributed by atoms with Crippen LogP contribution in [-0.4, -0.2) is 61.5 Å². The Hall–Kier alpha value is -0.810. The minimum Gasteiger partial charge on any atom is -0.393 e. The molecule has 3 rings (SSSR count). The lowest BCUT2D eigenvalue weighted by atomic mass is 9.80. The summed E-state index contributed by atoms with van der Waals surface area (Å²) in [5.74, 6) is 1.40. The Balaban J connectivity index is 1.61. The third-order valence-electron chi connectivity index (χ3n) is 5.72. The summed E-state index contributed by atoms with van der Waals surface area (Å²) in [5.41, 5.74) is 0.446. The molecule has 0 bridgehead atoms. The van der Waals surface area contributed by atoms with Gasteiger partial charge in [-0.1, -0.05) is 6.42 Å². The molecule has 126 valence electrons. The molecule has 3 aliphatic rings. The predicted molar refractivity (Wildman–Crippen MR) is 88.0 cm³/mol. The van der Waals surface area contributed by atoms with E-state index in [9.17, 15) is 5.11 Å². The summed E-state index contributed by atoms with van der Waals surface area (Å²) in [4.78, 5) is 7.27. The first kappa shape index (κ1) is 16.1. The highest BCUT2D eigenvalue weighted by atomic mass is 16.5. The van der Waals surface area contributed by atoms with Crippen molar-refractivity contribution in [2.24, 2.45) is 16.3 Å². The van der Waals surface area contributed by atoms with Crippen LogP contribution in [-0.2, 0) is 4.74 Å². The van der Waals surface area contributed by atoms with Crippen molar-refractivity contribution in [3.63, 3.8) is 0 Å². The Morgan fingerprint density at radius 2 is 2.14 bits per heavy atom. The van der Waals surface area contributed by atoms with Gasteiger partial charge in [0, 0.05) is 45.3 Å². The Bertz CT molecular complexity index is 393. The summed E-state index contributed by atoms with van der Waals surface area (Å²) in [6.07, 6.45) is 6.69. The second-order valence-electron chi connectivity index (χ2n) is 7.24. The molecule has 2 heterocycles. The van der Waals surface area contributed by atoms with E-state index in [0.29, 0.717) is 11.3 Å². The van der Waals surface area contributed by atoms with Crippen LogP contribution in [0.4, 0.5) is 0 Å². The van der Waals surface area contributed by atoms with E-state index in [1.54, 1.807) is 0 Å². The van der Waals surface area contributed by atoms with Gasteiger partial charge in [-0.05, 0) is 44.4 Å². The number of hydrogen-bond donors (Lipinski definition) is 2. The lowest BCUT2D eigenvalue weighted by Gasteiger charge is -2.33. The first-order chi connectivity index (χ1) is 10.7. The molecule has 1 saturated carbocycles. The molecule has 2 aliphatic heterocycles. The number of likely N-dealkylation sites (tertiary alicyclic amines) is 1. The molecule has 5 nitrogen and oxygen atoms in total. The van der Waals surface area contributed by atoms with Crippen LogP contribution in [0.3, 0.4) is 0 Å². The fourth-order valence-electron chi connectivity index (χ4n) is 4.19. The molecule has 0 aromatic carbocycles. The molecule has 2 N–H and O–H groups in total. The highest BCUT2D eigenvalue weighted by Gasteiger charge is 2.40. The molecule has 22 heavy (non-hydrogen) atoms. The summed E-state index contributed by atoms with van der Waals surface area (Å²) in [7, 11) is 0. The van der Waals surface area contributed by atoms with E-state index in [1.165, 1.54) is 19.3 Å². The molecule has 2 saturated heterocycles. The Labute approximate surface area is 134 Å². The van der Waals surface area contributed by atoms with Crippen molar-refractivity contribution in [2.45, 2.75) is 51.6 Å². The maximum Gasteiger partial charge on any atom is 0.193 e. The zero-order valence-electron chi connectivity index (χ0n) is 13.9. The van der Waals surface area contributed by atoms with Crippen molar-refractivity contribution in [2.75, 3.05) is 39.4 Å². The van der Waals surface area contributed by atoms with Crippen LogP contribution in [0.5, 0.6) is 0 Å². The molecule has 0 amide bonds. The maximum atomic E-state index is 9.98. The lowest BCUT2D eigenvalue weighted by molar-refractivity contribution is 0.0217. The first-order valence-electron chi connectivity index (χ1n) is 9.01. The number of nitrogens with one attached hydrogen (secondary N) is 1. The summed E-state index contributed by atoms with van der Waals surface area (Å²) >= 11 is 0. The molecule has 2 atom stereocenters. The molecule has 0 radical (unpaired) electrons. The third-order valence-corrected chi connectivity index (χ3v) is 5.72. The van der Waals surface area contributed by atoms with E-state index in [-0.39, 0.29) is 6.10 Å². The van der Waals surface area contributed by atoms with Gasteiger partial charge in [0.05, 0.1) is 6.10 Å². The van der Waals surface area contributed by atoms with Gasteiger partial charge >= 0.3 is 0 Å². The van der Waals surface area contributed by atoms with Gasteiger partial charge < -0.3 is 20.1 Å². The number of aliphatic hydroxyl groups excluding tert-OH is 1. The molecule has 3 fully saturated rings. The van der Waals surface area contributed by atoms with Gasteiger partial charge in [-0.15, -0.1) is 0 Å². The zero-order valence-corrected chi connectivity index (χ0v) is 13.9. The van der Waals surface area contributed by atoms with Gasteiger partial charge in [-0.2, -0.15) is 0 Å². The van der Waals surface area contributed by atoms with Crippen molar-refractivity contribution in [1.29, 1.82) is 0 Å². The largest absolute Gasteiger partial charge is 0.393 e. The third kappa shape index (κ3) is 3.57. The van der Waals surface area contributed by atoms with E-state index in [2.05, 4.69) is 17.1 Å². The fraction of sp³-hybridized carbons (Fsp3) is 0.941. The maximum absolute atomic E-state index is 9.98. The van der Waals surface area contributed by atoms with Crippen LogP contribution >= 0.6 is 0 Å². The molecule has 2 unspecified atom stereocenters. The number of guanidine groups is 1. The highest BCUT2D eigenvalue weighted by Crippen LogP contribution is 2.39. The average molecular weight is 309 g/mol. The van der Waals surface area contributed by atoms with Crippen molar-refractivity contribution in [1.82, 2.24) is 10.2 Å². The normalized spacial score (nSPS) is 31.9. The van der Waals surface area contributed by atoms with E-state index >= 15 is 0 Å². The average Bonchev–Trinajstić information content (AvgIpc) is 3.12. The van der Waals surface area contributed by atoms with Gasteiger partial charge in [-0.3, -0.25) is 4.99 Å². The minimum absolute atomic E-state index is 0.146. The van der Waals surface area contributed by atoms with Gasteiger partial charge in [0.25, 0.3) is 0 Å². The second kappa shape index (κ2) is 7.18. The van der Waals surface area contributed by atoms with Crippen molar-refractivity contribution >= 4 is 5.96 Å². The number of hydrogen-bond acceptors (Lipinski definition) is 3. The first-order valence-corrected chi connectivity index (χ1v) is 9.01. The van der Waals surface area contributed by atoms with Crippen molar-refractivity contribution < 1.29 is 9.84 Å². The molecule has 0 aromatic heterocycles. The van der Waals surface area contributed by atoms with Crippen LogP contribution in [0.15, 0.2) is 4.99 Å². The lowest BCUT2D eigenvalue weighted by Crippen LogP contribution is -2.42. The number of rotatable bonds is 3. The Morgan fingerprint density at radius 1 is 1.32 bits per heavy atom. The Kier molecular flexibility index (Phi) is 5.24. The second-order valence-corrected chi connectivity index (χ2v) is 7.24. The van der Waals surface area contributed by atoms with Crippen LogP contribution in [0.1, 0.15) is 45.4 Å². The van der Waals surface area contributed by atoms with E-state index < -0.39 is 0 Å². The molecular formula is C17H31N3O2. The number of ether oxygens (including phenoxy) is 1. The minimum atomic E-state index is -0.146. The summed E-state index contributed by atoms with van der Waals surface area (Å²) < 4.78 is 5.53. The van der Waals surface area contributed by atoms with E-state index in [1.807, 2.05) is 0 Å². The zero-order chi connectivity index (χ0) is 15.4. The smallest absolute Gasteiger partial charge is 0.193 e. The summed E-state index contributed by atoms with van der Waals surface area (Å²) in [5, 5.41) is 13.4. The molecular weight excluding hydrogens is 278 g/mol. The number of aliphatic hydroxyl groups is 1. The van der Waals surface area contributed by atoms with Crippen molar-refractivity contribution in [3.05, 3.63) is 0 Å². The van der Waals surface area contributed by atoms with E-state index in [4.69, 9.17) is 9.73 Å². The monoisotopic (exact) mass is 309 g/mol. The molecule has 1 spiro atoms. The summed E-state index contributed by atoms with van der Waals surface area (Å²) in [6, 6.07) is 0. The van der Waals surface area contributed by atoms with Gasteiger partial charge in [0.2, 0.25) is 0 Å². The Morgan fingerprint density at radius 3 is 2.82 bits per heavy atom. The van der Waals surface area contributed by atoms with Gasteiger partial charge in [-0.25, -0.2) is 0 Å². The van der Waals surface area contributed by atoms with E-state index in [0.717, 1.165) is 64.6 Å². The quantitative estimate of drug-likeness (QED) is 0.614. The molecule has 0 aromatic rings. The van der Waals surface area contributed by atoms with Gasteiger partial charge in [0.15, 0.2) is 5.96 Å². The molecule has 1 aliphatic carbocycles. The predicted octanol–water partition coefficient (Wildman–Crippen LogP) is 1.62. The fourth-order valence-corrected chi connectivity index (χ4v) is 4.19. The van der Waals surface area contributed by atoms with Crippen LogP contribution in [0.2, 0.25) is 0 Å². The molecule has 5 heteroatoms. The van der Waals surface area contributed by atoms with Crippen molar-refractivity contribution in [3.8, 4) is 0 Å². The summed E-state index contributed by atoms with van der Waals surface area (Å²) in [6.45, 7) is 7.81. The SMILES string of the molecule is CCNC(=NCC1CCCC1O)N1CCC2(CCOCC2)C1.